The minimum Gasteiger partial charge on any atom is -0.409 e. The number of nitrogens with zero attached hydrogens (tertiary/aromatic N) is 2. The predicted octanol–water partition coefficient (Wildman–Crippen LogP) is 2.33. The molecule has 0 aromatic heterocycles. The van der Waals surface area contributed by atoms with Crippen LogP contribution in [-0.2, 0) is 0 Å². The van der Waals surface area contributed by atoms with E-state index >= 15 is 0 Å². The Morgan fingerprint density at radius 3 is 3.05 bits per heavy atom. The van der Waals surface area contributed by atoms with E-state index in [4.69, 9.17) is 22.5 Å². The molecule has 1 aliphatic rings. The van der Waals surface area contributed by atoms with Gasteiger partial charge < -0.3 is 21.2 Å². The zero-order chi connectivity index (χ0) is 14.5. The first-order valence-corrected chi connectivity index (χ1v) is 6.77. The summed E-state index contributed by atoms with van der Waals surface area (Å²) >= 11 is 5.87. The van der Waals surface area contributed by atoms with Crippen LogP contribution < -0.4 is 11.1 Å². The minimum atomic E-state index is -0.206. The number of hydrogen-bond acceptors (Lipinski definition) is 3. The summed E-state index contributed by atoms with van der Waals surface area (Å²) in [4.78, 5) is 13.8. The van der Waals surface area contributed by atoms with Crippen molar-refractivity contribution in [2.75, 3.05) is 18.4 Å². The Morgan fingerprint density at radius 1 is 1.55 bits per heavy atom. The fourth-order valence-corrected chi connectivity index (χ4v) is 2.44. The molecular weight excluding hydrogens is 280 g/mol. The summed E-state index contributed by atoms with van der Waals surface area (Å²) in [5.41, 5.74) is 6.25. The summed E-state index contributed by atoms with van der Waals surface area (Å²) in [6.45, 7) is 1.10. The maximum atomic E-state index is 12.2. The second-order valence-electron chi connectivity index (χ2n) is 4.75. The lowest BCUT2D eigenvalue weighted by atomic mass is 9.97. The normalized spacial score (nSPS) is 19.8. The van der Waals surface area contributed by atoms with Crippen LogP contribution in [-0.4, -0.2) is 35.1 Å². The van der Waals surface area contributed by atoms with Crippen LogP contribution in [0.4, 0.5) is 10.5 Å². The summed E-state index contributed by atoms with van der Waals surface area (Å²) in [6.07, 6.45) is 1.64. The van der Waals surface area contributed by atoms with Crippen LogP contribution in [0.2, 0.25) is 5.02 Å². The lowest BCUT2D eigenvalue weighted by molar-refractivity contribution is 0.190. The number of nitrogens with one attached hydrogen (secondary N) is 1. The number of rotatable bonds is 2. The standard InChI is InChI=1S/C13H17ClN4O2/c14-10-4-1-5-11(7-10)16-13(19)18-6-2-3-9(8-18)12(15)17-20/h1,4-5,7,9,20H,2-3,6,8H2,(H2,15,17)(H,16,19). The Labute approximate surface area is 122 Å². The second kappa shape index (κ2) is 6.47. The van der Waals surface area contributed by atoms with Gasteiger partial charge in [-0.1, -0.05) is 22.8 Å². The van der Waals surface area contributed by atoms with E-state index in [0.29, 0.717) is 23.8 Å². The number of benzene rings is 1. The van der Waals surface area contributed by atoms with Gasteiger partial charge in [-0.05, 0) is 31.0 Å². The van der Waals surface area contributed by atoms with Crippen LogP contribution in [0.25, 0.3) is 0 Å². The molecule has 0 bridgehead atoms. The van der Waals surface area contributed by atoms with Crippen molar-refractivity contribution < 1.29 is 10.0 Å². The van der Waals surface area contributed by atoms with E-state index in [1.54, 1.807) is 29.2 Å². The first kappa shape index (κ1) is 14.5. The van der Waals surface area contributed by atoms with Crippen molar-refractivity contribution in [3.63, 3.8) is 0 Å². The molecule has 1 aliphatic heterocycles. The van der Waals surface area contributed by atoms with Crippen molar-refractivity contribution in [2.24, 2.45) is 16.8 Å². The molecule has 1 saturated heterocycles. The van der Waals surface area contributed by atoms with Crippen LogP contribution in [0, 0.1) is 5.92 Å². The first-order chi connectivity index (χ1) is 9.60. The van der Waals surface area contributed by atoms with Crippen molar-refractivity contribution in [3.05, 3.63) is 29.3 Å². The van der Waals surface area contributed by atoms with Gasteiger partial charge in [0.05, 0.1) is 0 Å². The molecule has 0 spiro atoms. The number of urea groups is 1. The van der Waals surface area contributed by atoms with Gasteiger partial charge in [0.1, 0.15) is 5.84 Å². The zero-order valence-electron chi connectivity index (χ0n) is 10.9. The maximum absolute atomic E-state index is 12.2. The molecule has 1 fully saturated rings. The van der Waals surface area contributed by atoms with Gasteiger partial charge in [-0.25, -0.2) is 4.79 Å². The number of likely N-dealkylation sites (tertiary alicyclic amines) is 1. The molecule has 0 radical (unpaired) electrons. The topological polar surface area (TPSA) is 91.0 Å². The molecule has 0 aliphatic carbocycles. The molecule has 2 amide bonds. The number of nitrogens with two attached hydrogens (primary N) is 1. The molecular formula is C13H17ClN4O2. The highest BCUT2D eigenvalue weighted by Gasteiger charge is 2.26. The molecule has 1 aromatic carbocycles. The number of halogens is 1. The van der Waals surface area contributed by atoms with Crippen LogP contribution >= 0.6 is 11.6 Å². The lowest BCUT2D eigenvalue weighted by Gasteiger charge is -2.32. The summed E-state index contributed by atoms with van der Waals surface area (Å²) < 4.78 is 0. The third-order valence-electron chi connectivity index (χ3n) is 3.32. The lowest BCUT2D eigenvalue weighted by Crippen LogP contribution is -2.45. The summed E-state index contributed by atoms with van der Waals surface area (Å²) in [5, 5.41) is 15.1. The van der Waals surface area contributed by atoms with Crippen molar-refractivity contribution in [3.8, 4) is 0 Å². The van der Waals surface area contributed by atoms with E-state index < -0.39 is 0 Å². The van der Waals surface area contributed by atoms with Gasteiger partial charge in [-0.15, -0.1) is 0 Å². The zero-order valence-corrected chi connectivity index (χ0v) is 11.7. The van der Waals surface area contributed by atoms with Gasteiger partial charge in [-0.3, -0.25) is 0 Å². The molecule has 1 heterocycles. The average Bonchev–Trinajstić information content (AvgIpc) is 2.46. The molecule has 1 unspecified atom stereocenters. The van der Waals surface area contributed by atoms with Gasteiger partial charge in [0.2, 0.25) is 0 Å². The van der Waals surface area contributed by atoms with Crippen LogP contribution in [0.3, 0.4) is 0 Å². The van der Waals surface area contributed by atoms with E-state index in [0.717, 1.165) is 12.8 Å². The van der Waals surface area contributed by atoms with Crippen molar-refractivity contribution >= 4 is 29.2 Å². The van der Waals surface area contributed by atoms with Gasteiger partial charge in [-0.2, -0.15) is 0 Å². The summed E-state index contributed by atoms with van der Waals surface area (Å²) in [6, 6.07) is 6.77. The van der Waals surface area contributed by atoms with E-state index in [1.807, 2.05) is 0 Å². The molecule has 20 heavy (non-hydrogen) atoms. The molecule has 4 N–H and O–H groups in total. The highest BCUT2D eigenvalue weighted by molar-refractivity contribution is 6.30. The molecule has 1 aromatic rings. The number of amides is 2. The first-order valence-electron chi connectivity index (χ1n) is 6.39. The van der Waals surface area contributed by atoms with E-state index in [1.165, 1.54) is 0 Å². The van der Waals surface area contributed by atoms with Gasteiger partial charge in [0.15, 0.2) is 0 Å². The molecule has 108 valence electrons. The van der Waals surface area contributed by atoms with Crippen LogP contribution in [0.5, 0.6) is 0 Å². The van der Waals surface area contributed by atoms with Crippen molar-refractivity contribution in [1.82, 2.24) is 4.90 Å². The highest BCUT2D eigenvalue weighted by atomic mass is 35.5. The molecule has 7 heteroatoms. The van der Waals surface area contributed by atoms with Crippen molar-refractivity contribution in [1.29, 1.82) is 0 Å². The van der Waals surface area contributed by atoms with E-state index in [9.17, 15) is 4.79 Å². The number of oxime groups is 1. The molecule has 6 nitrogen and oxygen atoms in total. The van der Waals surface area contributed by atoms with Gasteiger partial charge in [0, 0.05) is 29.7 Å². The van der Waals surface area contributed by atoms with E-state index in [2.05, 4.69) is 10.5 Å². The molecule has 2 rings (SSSR count). The third kappa shape index (κ3) is 3.54. The number of anilines is 1. The smallest absolute Gasteiger partial charge is 0.321 e. The van der Waals surface area contributed by atoms with Crippen molar-refractivity contribution in [2.45, 2.75) is 12.8 Å². The number of carbonyl (C=O) groups is 1. The number of amidine groups is 1. The predicted molar refractivity (Wildman–Crippen MR) is 78.2 cm³/mol. The second-order valence-corrected chi connectivity index (χ2v) is 5.19. The Bertz CT molecular complexity index is 521. The highest BCUT2D eigenvalue weighted by Crippen LogP contribution is 2.19. The average molecular weight is 297 g/mol. The number of hydrogen-bond donors (Lipinski definition) is 3. The monoisotopic (exact) mass is 296 g/mol. The quantitative estimate of drug-likeness (QED) is 0.338. The Hall–Kier alpha value is -1.95. The third-order valence-corrected chi connectivity index (χ3v) is 3.55. The Balaban J connectivity index is 1.98. The Kier molecular flexibility index (Phi) is 4.68. The molecule has 0 saturated carbocycles. The summed E-state index contributed by atoms with van der Waals surface area (Å²) in [5.74, 6) is 0.0733. The Morgan fingerprint density at radius 2 is 2.35 bits per heavy atom. The number of carbonyl (C=O) groups excluding carboxylic acids is 1. The SMILES string of the molecule is NC(=NO)C1CCCN(C(=O)Nc2cccc(Cl)c2)C1. The fraction of sp³-hybridized carbons (Fsp3) is 0.385. The number of piperidine rings is 1. The van der Waals surface area contributed by atoms with Gasteiger partial charge >= 0.3 is 6.03 Å². The summed E-state index contributed by atoms with van der Waals surface area (Å²) in [7, 11) is 0. The fourth-order valence-electron chi connectivity index (χ4n) is 2.25. The minimum absolute atomic E-state index is 0.0983. The largest absolute Gasteiger partial charge is 0.409 e. The maximum Gasteiger partial charge on any atom is 0.321 e. The van der Waals surface area contributed by atoms with E-state index in [-0.39, 0.29) is 17.8 Å². The van der Waals surface area contributed by atoms with Gasteiger partial charge in [0.25, 0.3) is 0 Å². The van der Waals surface area contributed by atoms with Crippen LogP contribution in [0.15, 0.2) is 29.4 Å². The van der Waals surface area contributed by atoms with Crippen LogP contribution in [0.1, 0.15) is 12.8 Å². The molecule has 1 atom stereocenters.